The van der Waals surface area contributed by atoms with E-state index in [0.29, 0.717) is 40.0 Å². The molecule has 0 saturated heterocycles. The van der Waals surface area contributed by atoms with Gasteiger partial charge in [-0.2, -0.15) is 4.98 Å². The average Bonchev–Trinajstić information content (AvgIpc) is 3.07. The summed E-state index contributed by atoms with van der Waals surface area (Å²) in [5, 5.41) is 18.3. The first-order chi connectivity index (χ1) is 13.1. The highest BCUT2D eigenvalue weighted by atomic mass is 32.1. The molecule has 0 spiro atoms. The lowest BCUT2D eigenvalue weighted by Crippen LogP contribution is -2.34. The molecule has 0 unspecified atom stereocenters. The predicted molar refractivity (Wildman–Crippen MR) is 98.6 cm³/mol. The van der Waals surface area contributed by atoms with Gasteiger partial charge >= 0.3 is 6.03 Å². The van der Waals surface area contributed by atoms with Gasteiger partial charge < -0.3 is 20.5 Å². The fourth-order valence-electron chi connectivity index (χ4n) is 2.27. The number of phenolic OH excluding ortho intramolecular Hbond substituents is 1. The Morgan fingerprint density at radius 3 is 3.00 bits per heavy atom. The summed E-state index contributed by atoms with van der Waals surface area (Å²) in [4.78, 5) is 24.8. The van der Waals surface area contributed by atoms with Crippen LogP contribution in [0.3, 0.4) is 0 Å². The van der Waals surface area contributed by atoms with Gasteiger partial charge in [-0.1, -0.05) is 23.5 Å². The molecule has 2 heterocycles. The molecule has 0 fully saturated rings. The van der Waals surface area contributed by atoms with Crippen LogP contribution in [0.15, 0.2) is 24.5 Å². The number of halogens is 1. The third-order valence-corrected chi connectivity index (χ3v) is 4.43. The minimum absolute atomic E-state index is 0.281. The van der Waals surface area contributed by atoms with Crippen molar-refractivity contribution in [2.45, 2.75) is 6.54 Å². The number of fused-ring (bicyclic) bond motifs is 1. The number of methoxy groups -OCH3 is 1. The molecule has 0 aliphatic rings. The molecular weight excluding hydrogens is 375 g/mol. The number of rotatable bonds is 7. The van der Waals surface area contributed by atoms with Crippen LogP contribution in [-0.2, 0) is 6.54 Å². The number of thiazole rings is 1. The highest BCUT2D eigenvalue weighted by Crippen LogP contribution is 2.28. The summed E-state index contributed by atoms with van der Waals surface area (Å²) in [6.45, 7) is 1.04. The van der Waals surface area contributed by atoms with Gasteiger partial charge in [-0.25, -0.2) is 19.2 Å². The van der Waals surface area contributed by atoms with Gasteiger partial charge in [0.05, 0.1) is 7.11 Å². The Bertz CT molecular complexity index is 951. The minimum atomic E-state index is -0.663. The lowest BCUT2D eigenvalue weighted by Gasteiger charge is -2.08. The summed E-state index contributed by atoms with van der Waals surface area (Å²) in [5.41, 5.74) is 0.931. The molecule has 27 heavy (non-hydrogen) atoms. The number of benzene rings is 1. The van der Waals surface area contributed by atoms with Crippen molar-refractivity contribution in [1.82, 2.24) is 25.6 Å². The molecular formula is C16H17FN6O3S. The topological polar surface area (TPSA) is 121 Å². The Labute approximate surface area is 157 Å². The molecule has 0 aliphatic carbocycles. The summed E-state index contributed by atoms with van der Waals surface area (Å²) in [6.07, 6.45) is 1.37. The van der Waals surface area contributed by atoms with Crippen LogP contribution in [0, 0.1) is 5.82 Å². The molecule has 2 aromatic heterocycles. The number of ether oxygens (including phenoxy) is 1. The zero-order valence-corrected chi connectivity index (χ0v) is 15.1. The monoisotopic (exact) mass is 392 g/mol. The lowest BCUT2D eigenvalue weighted by molar-refractivity contribution is 0.252. The number of anilines is 1. The van der Waals surface area contributed by atoms with Crippen molar-refractivity contribution in [3.8, 4) is 11.6 Å². The summed E-state index contributed by atoms with van der Waals surface area (Å²) >= 11 is 1.21. The number of aromatic nitrogens is 3. The van der Waals surface area contributed by atoms with Crippen LogP contribution < -0.4 is 20.7 Å². The van der Waals surface area contributed by atoms with Crippen LogP contribution in [0.4, 0.5) is 14.3 Å². The van der Waals surface area contributed by atoms with Crippen LogP contribution in [0.1, 0.15) is 5.56 Å². The third kappa shape index (κ3) is 4.57. The Kier molecular flexibility index (Phi) is 5.94. The zero-order chi connectivity index (χ0) is 19.2. The maximum Gasteiger partial charge on any atom is 0.321 e. The number of hydrogen-bond donors (Lipinski definition) is 4. The predicted octanol–water partition coefficient (Wildman–Crippen LogP) is 1.85. The normalized spacial score (nSPS) is 10.7. The fourth-order valence-corrected chi connectivity index (χ4v) is 3.06. The van der Waals surface area contributed by atoms with Crippen LogP contribution in [0.25, 0.3) is 10.3 Å². The smallest absolute Gasteiger partial charge is 0.321 e. The van der Waals surface area contributed by atoms with Crippen LogP contribution in [0.2, 0.25) is 0 Å². The van der Waals surface area contributed by atoms with E-state index in [1.165, 1.54) is 36.9 Å². The van der Waals surface area contributed by atoms with Crippen LogP contribution in [-0.4, -0.2) is 46.3 Å². The van der Waals surface area contributed by atoms with Gasteiger partial charge in [0.25, 0.3) is 0 Å². The van der Waals surface area contributed by atoms with Crippen LogP contribution in [0.5, 0.6) is 11.6 Å². The number of carbonyl (C=O) groups excluding carboxylic acids is 1. The number of nitrogens with one attached hydrogen (secondary N) is 3. The van der Waals surface area contributed by atoms with Crippen molar-refractivity contribution in [1.29, 1.82) is 0 Å². The number of amides is 2. The second-order valence-corrected chi connectivity index (χ2v) is 6.34. The quantitative estimate of drug-likeness (QED) is 0.453. The van der Waals surface area contributed by atoms with E-state index in [1.54, 1.807) is 6.07 Å². The molecule has 4 N–H and O–H groups in total. The molecule has 0 atom stereocenters. The fraction of sp³-hybridized carbons (Fsp3) is 0.250. The summed E-state index contributed by atoms with van der Waals surface area (Å²) in [6, 6.07) is 3.91. The molecule has 11 heteroatoms. The SMILES string of the molecule is COc1ncnc2sc(NC(=O)NCCNCc3cccc(F)c3O)nc12. The van der Waals surface area contributed by atoms with Gasteiger partial charge in [0.15, 0.2) is 27.0 Å². The lowest BCUT2D eigenvalue weighted by atomic mass is 10.2. The highest BCUT2D eigenvalue weighted by molar-refractivity contribution is 7.22. The van der Waals surface area contributed by atoms with Crippen molar-refractivity contribution in [2.24, 2.45) is 0 Å². The van der Waals surface area contributed by atoms with E-state index in [0.717, 1.165) is 0 Å². The standard InChI is InChI=1S/C16H17FN6O3S/c1-26-13-11-14(21-8-20-13)27-16(22-11)23-15(25)19-6-5-18-7-9-3-2-4-10(17)12(9)24/h2-4,8,18,24H,5-7H2,1H3,(H2,19,22,23,25). The number of carbonyl (C=O) groups is 1. The molecule has 3 rings (SSSR count). The maximum atomic E-state index is 13.2. The first-order valence-electron chi connectivity index (χ1n) is 7.96. The number of aromatic hydroxyl groups is 1. The van der Waals surface area contributed by atoms with Gasteiger partial charge in [0.1, 0.15) is 6.33 Å². The molecule has 3 aromatic rings. The van der Waals surface area contributed by atoms with Gasteiger partial charge in [-0.3, -0.25) is 5.32 Å². The van der Waals surface area contributed by atoms with E-state index < -0.39 is 11.8 Å². The van der Waals surface area contributed by atoms with E-state index in [-0.39, 0.29) is 12.3 Å². The molecule has 1 aromatic carbocycles. The summed E-state index contributed by atoms with van der Waals surface area (Å²) in [5.74, 6) is -0.691. The second-order valence-electron chi connectivity index (χ2n) is 5.36. The Balaban J connectivity index is 1.44. The Morgan fingerprint density at radius 1 is 1.33 bits per heavy atom. The Hall–Kier alpha value is -3.05. The molecule has 0 saturated carbocycles. The molecule has 9 nitrogen and oxygen atoms in total. The second kappa shape index (κ2) is 8.56. The molecule has 142 valence electrons. The maximum absolute atomic E-state index is 13.2. The summed E-state index contributed by atoms with van der Waals surface area (Å²) in [7, 11) is 1.48. The third-order valence-electron chi connectivity index (χ3n) is 3.55. The summed E-state index contributed by atoms with van der Waals surface area (Å²) < 4.78 is 18.3. The average molecular weight is 392 g/mol. The zero-order valence-electron chi connectivity index (χ0n) is 14.3. The first kappa shape index (κ1) is 18.7. The number of hydrogen-bond acceptors (Lipinski definition) is 8. The number of para-hydroxylation sites is 1. The van der Waals surface area contributed by atoms with Gasteiger partial charge in [-0.15, -0.1) is 0 Å². The van der Waals surface area contributed by atoms with Crippen LogP contribution >= 0.6 is 11.3 Å². The molecule has 0 radical (unpaired) electrons. The number of nitrogens with zero attached hydrogens (tertiary/aromatic N) is 3. The van der Waals surface area contributed by atoms with Crippen molar-refractivity contribution in [2.75, 3.05) is 25.5 Å². The van der Waals surface area contributed by atoms with Crippen molar-refractivity contribution in [3.63, 3.8) is 0 Å². The largest absolute Gasteiger partial charge is 0.505 e. The first-order valence-corrected chi connectivity index (χ1v) is 8.77. The minimum Gasteiger partial charge on any atom is -0.505 e. The number of phenols is 1. The molecule has 0 bridgehead atoms. The van der Waals surface area contributed by atoms with Crippen molar-refractivity contribution < 1.29 is 19.0 Å². The van der Waals surface area contributed by atoms with Gasteiger partial charge in [-0.05, 0) is 6.07 Å². The van der Waals surface area contributed by atoms with Crippen molar-refractivity contribution in [3.05, 3.63) is 35.9 Å². The van der Waals surface area contributed by atoms with E-state index in [2.05, 4.69) is 30.9 Å². The van der Waals surface area contributed by atoms with E-state index >= 15 is 0 Å². The van der Waals surface area contributed by atoms with E-state index in [9.17, 15) is 14.3 Å². The van der Waals surface area contributed by atoms with Crippen molar-refractivity contribution >= 4 is 32.8 Å². The van der Waals surface area contributed by atoms with Gasteiger partial charge in [0, 0.05) is 25.2 Å². The van der Waals surface area contributed by atoms with Gasteiger partial charge in [0.2, 0.25) is 5.88 Å². The number of urea groups is 1. The highest BCUT2D eigenvalue weighted by Gasteiger charge is 2.12. The molecule has 0 aliphatic heterocycles. The Morgan fingerprint density at radius 2 is 2.19 bits per heavy atom. The van der Waals surface area contributed by atoms with E-state index in [1.807, 2.05) is 0 Å². The molecule has 2 amide bonds. The van der Waals surface area contributed by atoms with E-state index in [4.69, 9.17) is 4.74 Å².